The van der Waals surface area contributed by atoms with Gasteiger partial charge < -0.3 is 9.47 Å². The Morgan fingerprint density at radius 1 is 1.12 bits per heavy atom. The number of carbonyl (C=O) groups is 3. The molecule has 1 aliphatic heterocycles. The van der Waals surface area contributed by atoms with Crippen LogP contribution in [0.2, 0.25) is 0 Å². The van der Waals surface area contributed by atoms with Gasteiger partial charge in [-0.05, 0) is 73.8 Å². The summed E-state index contributed by atoms with van der Waals surface area (Å²) in [5.74, 6) is 1.70. The summed E-state index contributed by atoms with van der Waals surface area (Å²) in [5.41, 5.74) is 2.07. The monoisotopic (exact) mass is 472 g/mol. The third-order valence-corrected chi connectivity index (χ3v) is 10.6. The Labute approximate surface area is 201 Å². The Morgan fingerprint density at radius 3 is 2.76 bits per heavy atom. The van der Waals surface area contributed by atoms with Crippen molar-refractivity contribution in [1.29, 1.82) is 0 Å². The fourth-order valence-electron chi connectivity index (χ4n) is 7.59. The van der Waals surface area contributed by atoms with Crippen LogP contribution in [0.25, 0.3) is 0 Å². The number of rotatable bonds is 5. The SMILES string of the molecule is C[C@@]12CCC[C@H]1[C@@H]1CCC3=CC(OC(=O)CCC(=O)S[C@@H]4CCOC4=O)C=C[C@]3(C)[C@H]1CC2. The van der Waals surface area contributed by atoms with Gasteiger partial charge in [0.25, 0.3) is 0 Å². The first-order valence-corrected chi connectivity index (χ1v) is 13.6. The molecule has 5 nitrogen and oxygen atoms in total. The molecule has 0 aromatic heterocycles. The predicted octanol–water partition coefficient (Wildman–Crippen LogP) is 5.38. The van der Waals surface area contributed by atoms with E-state index in [-0.39, 0.29) is 41.4 Å². The van der Waals surface area contributed by atoms with Crippen molar-refractivity contribution in [1.82, 2.24) is 0 Å². The average Bonchev–Trinajstić information content (AvgIpc) is 3.37. The number of hydrogen-bond donors (Lipinski definition) is 0. The van der Waals surface area contributed by atoms with Crippen molar-refractivity contribution in [3.63, 3.8) is 0 Å². The van der Waals surface area contributed by atoms with Gasteiger partial charge in [0, 0.05) is 18.3 Å². The van der Waals surface area contributed by atoms with E-state index in [2.05, 4.69) is 32.1 Å². The predicted molar refractivity (Wildman–Crippen MR) is 127 cm³/mol. The Bertz CT molecular complexity index is 893. The fraction of sp³-hybridized carbons (Fsp3) is 0.741. The summed E-state index contributed by atoms with van der Waals surface area (Å²) in [5, 5.41) is -0.579. The second kappa shape index (κ2) is 8.90. The molecule has 180 valence electrons. The lowest BCUT2D eigenvalue weighted by Gasteiger charge is -2.56. The highest BCUT2D eigenvalue weighted by molar-refractivity contribution is 8.14. The Hall–Kier alpha value is -1.56. The van der Waals surface area contributed by atoms with E-state index in [1.165, 1.54) is 44.1 Å². The third kappa shape index (κ3) is 4.33. The summed E-state index contributed by atoms with van der Waals surface area (Å²) in [7, 11) is 0. The van der Waals surface area contributed by atoms with Gasteiger partial charge in [-0.2, -0.15) is 0 Å². The molecule has 33 heavy (non-hydrogen) atoms. The van der Waals surface area contributed by atoms with Gasteiger partial charge in [0.1, 0.15) is 11.4 Å². The Morgan fingerprint density at radius 2 is 1.97 bits per heavy atom. The molecule has 0 amide bonds. The maximum atomic E-state index is 12.4. The standard InChI is InChI=1S/C27H36O5S/c1-26-12-3-4-20(26)19-6-5-17-16-18(9-14-27(17,2)21(19)10-13-26)32-23(28)7-8-24(29)33-22-11-15-31-25(22)30/h9,14,16,18-22H,3-8,10-13,15H2,1-2H3/t18?,19-,20-,21-,22+,26-,27-/m0/s1. The maximum Gasteiger partial charge on any atom is 0.319 e. The molecule has 1 heterocycles. The molecule has 4 fully saturated rings. The maximum absolute atomic E-state index is 12.4. The second-order valence-corrected chi connectivity index (χ2v) is 12.5. The normalized spacial score (nSPS) is 41.5. The minimum absolute atomic E-state index is 0.0450. The van der Waals surface area contributed by atoms with E-state index in [0.717, 1.165) is 30.0 Å². The van der Waals surface area contributed by atoms with Gasteiger partial charge in [-0.25, -0.2) is 0 Å². The van der Waals surface area contributed by atoms with E-state index < -0.39 is 5.25 Å². The van der Waals surface area contributed by atoms with Crippen molar-refractivity contribution in [2.24, 2.45) is 28.6 Å². The number of fused-ring (bicyclic) bond motifs is 5. The Kier molecular flexibility index (Phi) is 6.26. The summed E-state index contributed by atoms with van der Waals surface area (Å²) in [6, 6.07) is 0. The van der Waals surface area contributed by atoms with Gasteiger partial charge in [0.15, 0.2) is 5.12 Å². The van der Waals surface area contributed by atoms with Crippen molar-refractivity contribution in [2.75, 3.05) is 6.61 Å². The van der Waals surface area contributed by atoms with E-state index in [1.54, 1.807) is 0 Å². The summed E-state index contributed by atoms with van der Waals surface area (Å²) >= 11 is 0.987. The largest absolute Gasteiger partial charge is 0.465 e. The van der Waals surface area contributed by atoms with Crippen LogP contribution in [0.3, 0.4) is 0 Å². The van der Waals surface area contributed by atoms with Gasteiger partial charge in [0.05, 0.1) is 13.0 Å². The van der Waals surface area contributed by atoms with Crippen molar-refractivity contribution < 1.29 is 23.9 Å². The van der Waals surface area contributed by atoms with Crippen LogP contribution >= 0.6 is 11.8 Å². The minimum Gasteiger partial charge on any atom is -0.465 e. The minimum atomic E-state index is -0.422. The lowest BCUT2D eigenvalue weighted by Crippen LogP contribution is -2.48. The zero-order chi connectivity index (χ0) is 23.2. The lowest BCUT2D eigenvalue weighted by atomic mass is 9.48. The van der Waals surface area contributed by atoms with Crippen LogP contribution in [0.5, 0.6) is 0 Å². The van der Waals surface area contributed by atoms with Crippen molar-refractivity contribution >= 4 is 28.8 Å². The van der Waals surface area contributed by atoms with Crippen molar-refractivity contribution in [2.45, 2.75) is 89.4 Å². The van der Waals surface area contributed by atoms with Gasteiger partial charge in [-0.15, -0.1) is 0 Å². The molecule has 0 bridgehead atoms. The molecule has 7 atom stereocenters. The molecule has 0 spiro atoms. The molecule has 0 radical (unpaired) electrons. The van der Waals surface area contributed by atoms with Crippen LogP contribution in [0.15, 0.2) is 23.8 Å². The highest BCUT2D eigenvalue weighted by atomic mass is 32.2. The number of hydrogen-bond acceptors (Lipinski definition) is 6. The molecule has 1 saturated heterocycles. The molecule has 0 aromatic rings. The molecule has 5 rings (SSSR count). The first kappa shape index (κ1) is 23.2. The molecule has 4 aliphatic carbocycles. The molecular formula is C27H36O5S. The van der Waals surface area contributed by atoms with E-state index >= 15 is 0 Å². The number of ether oxygens (including phenoxy) is 2. The molecule has 0 N–H and O–H groups in total. The van der Waals surface area contributed by atoms with Gasteiger partial charge in [-0.3, -0.25) is 14.4 Å². The zero-order valence-corrected chi connectivity index (χ0v) is 20.7. The van der Waals surface area contributed by atoms with Crippen molar-refractivity contribution in [3.8, 4) is 0 Å². The quantitative estimate of drug-likeness (QED) is 0.395. The molecular weight excluding hydrogens is 436 g/mol. The van der Waals surface area contributed by atoms with Crippen LogP contribution in [0.1, 0.15) is 78.1 Å². The van der Waals surface area contributed by atoms with Crippen LogP contribution in [-0.2, 0) is 23.9 Å². The smallest absolute Gasteiger partial charge is 0.319 e. The van der Waals surface area contributed by atoms with Crippen LogP contribution in [0, 0.1) is 28.6 Å². The molecule has 6 heteroatoms. The summed E-state index contributed by atoms with van der Waals surface area (Å²) in [4.78, 5) is 36.0. The summed E-state index contributed by atoms with van der Waals surface area (Å²) < 4.78 is 10.6. The second-order valence-electron chi connectivity index (χ2n) is 11.2. The van der Waals surface area contributed by atoms with E-state index in [0.29, 0.717) is 24.4 Å². The fourth-order valence-corrected chi connectivity index (χ4v) is 8.51. The third-order valence-electron chi connectivity index (χ3n) is 9.39. The summed E-state index contributed by atoms with van der Waals surface area (Å²) in [6.07, 6.45) is 16.1. The highest BCUT2D eigenvalue weighted by Gasteiger charge is 2.55. The van der Waals surface area contributed by atoms with Crippen LogP contribution < -0.4 is 0 Å². The summed E-state index contributed by atoms with van der Waals surface area (Å²) in [6.45, 7) is 5.30. The zero-order valence-electron chi connectivity index (χ0n) is 19.8. The Balaban J connectivity index is 1.16. The van der Waals surface area contributed by atoms with E-state index in [9.17, 15) is 14.4 Å². The number of thioether (sulfide) groups is 1. The number of allylic oxidation sites excluding steroid dienone is 2. The number of cyclic esters (lactones) is 1. The van der Waals surface area contributed by atoms with E-state index in [1.807, 2.05) is 0 Å². The topological polar surface area (TPSA) is 69.7 Å². The van der Waals surface area contributed by atoms with Crippen LogP contribution in [0.4, 0.5) is 0 Å². The van der Waals surface area contributed by atoms with Crippen LogP contribution in [-0.4, -0.2) is 35.0 Å². The van der Waals surface area contributed by atoms with Gasteiger partial charge in [0.2, 0.25) is 0 Å². The first-order valence-electron chi connectivity index (χ1n) is 12.7. The van der Waals surface area contributed by atoms with Crippen molar-refractivity contribution in [3.05, 3.63) is 23.8 Å². The lowest BCUT2D eigenvalue weighted by molar-refractivity contribution is -0.146. The molecule has 0 aromatic carbocycles. The first-order chi connectivity index (χ1) is 15.8. The molecule has 5 aliphatic rings. The van der Waals surface area contributed by atoms with E-state index in [4.69, 9.17) is 9.47 Å². The molecule has 3 saturated carbocycles. The molecule has 1 unspecified atom stereocenters. The van der Waals surface area contributed by atoms with Gasteiger partial charge >= 0.3 is 11.9 Å². The highest BCUT2D eigenvalue weighted by Crippen LogP contribution is 2.64. The van der Waals surface area contributed by atoms with Gasteiger partial charge in [-0.1, -0.05) is 43.7 Å². The number of carbonyl (C=O) groups excluding carboxylic acids is 3. The average molecular weight is 473 g/mol. The number of esters is 2.